The van der Waals surface area contributed by atoms with E-state index in [2.05, 4.69) is 5.32 Å². The zero-order chi connectivity index (χ0) is 22.4. The molecule has 1 fully saturated rings. The summed E-state index contributed by atoms with van der Waals surface area (Å²) in [5, 5.41) is 3.45. The number of carbonyl (C=O) groups is 1. The second-order valence-electron chi connectivity index (χ2n) is 7.90. The summed E-state index contributed by atoms with van der Waals surface area (Å²) in [6.45, 7) is 1.92. The van der Waals surface area contributed by atoms with Gasteiger partial charge in [-0.05, 0) is 55.2 Å². The molecule has 168 valence electrons. The summed E-state index contributed by atoms with van der Waals surface area (Å²) in [6, 6.07) is 12.0. The summed E-state index contributed by atoms with van der Waals surface area (Å²) in [5.41, 5.74) is 1.71. The molecule has 0 bridgehead atoms. The fourth-order valence-corrected chi connectivity index (χ4v) is 5.90. The van der Waals surface area contributed by atoms with E-state index in [1.165, 1.54) is 11.4 Å². The standard InChI is InChI=1S/C23H29ClN2O4S/c1-17-8-13-21(30-2)22(14-17)31(28,29)26(20-6-4-3-5-7-20)16-23(27)25-15-18-9-11-19(24)12-10-18/h8-14,20H,3-7,15-16H2,1-2H3,(H,25,27). The van der Waals surface area contributed by atoms with E-state index in [0.29, 0.717) is 11.6 Å². The van der Waals surface area contributed by atoms with Crippen molar-refractivity contribution in [3.8, 4) is 5.75 Å². The van der Waals surface area contributed by atoms with E-state index in [0.717, 1.165) is 43.2 Å². The monoisotopic (exact) mass is 464 g/mol. The summed E-state index contributed by atoms with van der Waals surface area (Å²) < 4.78 is 34.0. The highest BCUT2D eigenvalue weighted by atomic mass is 35.5. The minimum atomic E-state index is -3.92. The van der Waals surface area contributed by atoms with Crippen molar-refractivity contribution in [1.82, 2.24) is 9.62 Å². The molecular weight excluding hydrogens is 436 g/mol. The van der Waals surface area contributed by atoms with E-state index in [1.54, 1.807) is 24.3 Å². The van der Waals surface area contributed by atoms with Crippen molar-refractivity contribution in [3.05, 3.63) is 58.6 Å². The smallest absolute Gasteiger partial charge is 0.247 e. The van der Waals surface area contributed by atoms with Crippen molar-refractivity contribution >= 4 is 27.5 Å². The average Bonchev–Trinajstić information content (AvgIpc) is 2.77. The molecule has 3 rings (SSSR count). The van der Waals surface area contributed by atoms with Crippen LogP contribution in [0.2, 0.25) is 5.02 Å². The Bertz CT molecular complexity index is 1000. The van der Waals surface area contributed by atoms with Crippen molar-refractivity contribution in [3.63, 3.8) is 0 Å². The summed E-state index contributed by atoms with van der Waals surface area (Å²) in [5.74, 6) is -0.0521. The Kier molecular flexibility index (Phi) is 7.97. The highest BCUT2D eigenvalue weighted by Crippen LogP contribution is 2.32. The maximum absolute atomic E-state index is 13.7. The van der Waals surface area contributed by atoms with Crippen LogP contribution < -0.4 is 10.1 Å². The molecular formula is C23H29ClN2O4S. The molecule has 0 unspecified atom stereocenters. The van der Waals surface area contributed by atoms with Crippen LogP contribution in [0.15, 0.2) is 47.4 Å². The Hall–Kier alpha value is -2.09. The number of carbonyl (C=O) groups excluding carboxylic acids is 1. The first kappa shape index (κ1) is 23.6. The fraction of sp³-hybridized carbons (Fsp3) is 0.435. The van der Waals surface area contributed by atoms with Crippen LogP contribution in [0.1, 0.15) is 43.2 Å². The van der Waals surface area contributed by atoms with Gasteiger partial charge in [0.2, 0.25) is 15.9 Å². The Labute approximate surface area is 189 Å². The highest BCUT2D eigenvalue weighted by molar-refractivity contribution is 7.89. The first-order valence-electron chi connectivity index (χ1n) is 10.5. The lowest BCUT2D eigenvalue weighted by atomic mass is 9.95. The van der Waals surface area contributed by atoms with Gasteiger partial charge in [0.15, 0.2) is 0 Å². The van der Waals surface area contributed by atoms with Gasteiger partial charge in [-0.3, -0.25) is 4.79 Å². The van der Waals surface area contributed by atoms with E-state index >= 15 is 0 Å². The lowest BCUT2D eigenvalue weighted by Gasteiger charge is -2.33. The Morgan fingerprint density at radius 2 is 1.81 bits per heavy atom. The molecule has 31 heavy (non-hydrogen) atoms. The van der Waals surface area contributed by atoms with Crippen LogP contribution in [0.4, 0.5) is 0 Å². The number of aryl methyl sites for hydroxylation is 1. The van der Waals surface area contributed by atoms with Crippen molar-refractivity contribution in [2.45, 2.75) is 56.5 Å². The van der Waals surface area contributed by atoms with Gasteiger partial charge in [-0.1, -0.05) is 49.1 Å². The lowest BCUT2D eigenvalue weighted by molar-refractivity contribution is -0.121. The predicted octanol–water partition coefficient (Wildman–Crippen LogP) is 4.30. The first-order chi connectivity index (χ1) is 14.8. The Morgan fingerprint density at radius 3 is 2.45 bits per heavy atom. The Morgan fingerprint density at radius 1 is 1.13 bits per heavy atom. The summed E-state index contributed by atoms with van der Waals surface area (Å²) >= 11 is 5.90. The van der Waals surface area contributed by atoms with Crippen molar-refractivity contribution < 1.29 is 17.9 Å². The second kappa shape index (κ2) is 10.5. The molecule has 0 radical (unpaired) electrons. The molecule has 0 aromatic heterocycles. The number of nitrogens with zero attached hydrogens (tertiary/aromatic N) is 1. The van der Waals surface area contributed by atoms with Gasteiger partial charge in [0.1, 0.15) is 10.6 Å². The lowest BCUT2D eigenvalue weighted by Crippen LogP contribution is -2.47. The molecule has 0 heterocycles. The molecule has 2 aromatic carbocycles. The molecule has 2 aromatic rings. The molecule has 6 nitrogen and oxygen atoms in total. The zero-order valence-electron chi connectivity index (χ0n) is 17.9. The summed E-state index contributed by atoms with van der Waals surface area (Å²) in [4.78, 5) is 12.9. The number of nitrogens with one attached hydrogen (secondary N) is 1. The number of hydrogen-bond acceptors (Lipinski definition) is 4. The van der Waals surface area contributed by atoms with Crippen LogP contribution in [-0.4, -0.2) is 38.3 Å². The quantitative estimate of drug-likeness (QED) is 0.632. The van der Waals surface area contributed by atoms with Crippen LogP contribution in [0.3, 0.4) is 0 Å². The zero-order valence-corrected chi connectivity index (χ0v) is 19.5. The maximum Gasteiger partial charge on any atom is 0.247 e. The van der Waals surface area contributed by atoms with Gasteiger partial charge in [-0.25, -0.2) is 8.42 Å². The van der Waals surface area contributed by atoms with Crippen LogP contribution in [0, 0.1) is 6.92 Å². The van der Waals surface area contributed by atoms with Gasteiger partial charge in [0, 0.05) is 17.6 Å². The van der Waals surface area contributed by atoms with Crippen LogP contribution in [0.25, 0.3) is 0 Å². The summed E-state index contributed by atoms with van der Waals surface area (Å²) in [7, 11) is -2.47. The largest absolute Gasteiger partial charge is 0.495 e. The molecule has 0 aliphatic heterocycles. The first-order valence-corrected chi connectivity index (χ1v) is 12.3. The van der Waals surface area contributed by atoms with Gasteiger partial charge < -0.3 is 10.1 Å². The minimum absolute atomic E-state index is 0.103. The number of sulfonamides is 1. The predicted molar refractivity (Wildman–Crippen MR) is 122 cm³/mol. The van der Waals surface area contributed by atoms with Gasteiger partial charge in [-0.15, -0.1) is 0 Å². The number of amides is 1. The van der Waals surface area contributed by atoms with E-state index in [-0.39, 0.29) is 29.1 Å². The second-order valence-corrected chi connectivity index (χ2v) is 10.2. The maximum atomic E-state index is 13.7. The third kappa shape index (κ3) is 5.99. The van der Waals surface area contributed by atoms with Crippen LogP contribution in [-0.2, 0) is 21.4 Å². The van der Waals surface area contributed by atoms with Gasteiger partial charge >= 0.3 is 0 Å². The third-order valence-corrected chi connectivity index (χ3v) is 7.76. The SMILES string of the molecule is COc1ccc(C)cc1S(=O)(=O)N(CC(=O)NCc1ccc(Cl)cc1)C1CCCCC1. The Balaban J connectivity index is 1.83. The molecule has 0 saturated heterocycles. The average molecular weight is 465 g/mol. The number of halogens is 1. The van der Waals surface area contributed by atoms with E-state index in [4.69, 9.17) is 16.3 Å². The molecule has 0 spiro atoms. The molecule has 1 saturated carbocycles. The fourth-order valence-electron chi connectivity index (χ4n) is 3.89. The topological polar surface area (TPSA) is 75.7 Å². The normalized spacial score (nSPS) is 15.1. The van der Waals surface area contributed by atoms with Crippen LogP contribution in [0.5, 0.6) is 5.75 Å². The number of hydrogen-bond donors (Lipinski definition) is 1. The number of methoxy groups -OCH3 is 1. The summed E-state index contributed by atoms with van der Waals surface area (Å²) in [6.07, 6.45) is 4.48. The van der Waals surface area contributed by atoms with E-state index < -0.39 is 10.0 Å². The van der Waals surface area contributed by atoms with Crippen molar-refractivity contribution in [2.24, 2.45) is 0 Å². The van der Waals surface area contributed by atoms with Crippen molar-refractivity contribution in [2.75, 3.05) is 13.7 Å². The van der Waals surface area contributed by atoms with Crippen LogP contribution >= 0.6 is 11.6 Å². The van der Waals surface area contributed by atoms with E-state index in [1.807, 2.05) is 25.1 Å². The van der Waals surface area contributed by atoms with Crippen molar-refractivity contribution in [1.29, 1.82) is 0 Å². The third-order valence-electron chi connectivity index (χ3n) is 5.59. The van der Waals surface area contributed by atoms with Gasteiger partial charge in [0.25, 0.3) is 0 Å². The molecule has 1 N–H and O–H groups in total. The molecule has 0 atom stereocenters. The number of ether oxygens (including phenoxy) is 1. The number of benzene rings is 2. The minimum Gasteiger partial charge on any atom is -0.495 e. The molecule has 1 aliphatic rings. The molecule has 1 aliphatic carbocycles. The van der Waals surface area contributed by atoms with E-state index in [9.17, 15) is 13.2 Å². The highest BCUT2D eigenvalue weighted by Gasteiger charge is 2.35. The van der Waals surface area contributed by atoms with Gasteiger partial charge in [0.05, 0.1) is 13.7 Å². The molecule has 8 heteroatoms. The van der Waals surface area contributed by atoms with Gasteiger partial charge in [-0.2, -0.15) is 4.31 Å². The number of rotatable bonds is 8. The molecule has 1 amide bonds.